The first-order valence-electron chi connectivity index (χ1n) is 7.75. The predicted molar refractivity (Wildman–Crippen MR) is 99.3 cm³/mol. The fraction of sp³-hybridized carbons (Fsp3) is 0. The second-order valence-electron chi connectivity index (χ2n) is 5.52. The van der Waals surface area contributed by atoms with Crippen molar-refractivity contribution in [3.05, 3.63) is 97.2 Å². The SMILES string of the molecule is c1ccc([Si](c2ccccc2)c2cnc3ccccc3c2)cc1. The largest absolute Gasteiger partial charge is 0.256 e. The van der Waals surface area contributed by atoms with E-state index >= 15 is 0 Å². The molecule has 0 fully saturated rings. The van der Waals surface area contributed by atoms with E-state index in [1.807, 2.05) is 6.07 Å². The molecular weight excluding hydrogens is 294 g/mol. The highest BCUT2D eigenvalue weighted by Gasteiger charge is 2.19. The van der Waals surface area contributed by atoms with Crippen LogP contribution in [0.5, 0.6) is 0 Å². The van der Waals surface area contributed by atoms with Crippen molar-refractivity contribution in [2.45, 2.75) is 0 Å². The molecule has 0 amide bonds. The zero-order valence-electron chi connectivity index (χ0n) is 12.7. The molecule has 109 valence electrons. The summed E-state index contributed by atoms with van der Waals surface area (Å²) in [7, 11) is -1.03. The van der Waals surface area contributed by atoms with Crippen LogP contribution in [0.25, 0.3) is 10.9 Å². The van der Waals surface area contributed by atoms with Crippen LogP contribution in [0.15, 0.2) is 97.2 Å². The first-order chi connectivity index (χ1) is 11.4. The second-order valence-corrected chi connectivity index (χ2v) is 8.01. The predicted octanol–water partition coefficient (Wildman–Crippen LogP) is 2.75. The normalized spacial score (nSPS) is 11.0. The van der Waals surface area contributed by atoms with Crippen LogP contribution in [0.2, 0.25) is 0 Å². The van der Waals surface area contributed by atoms with Gasteiger partial charge in [-0.2, -0.15) is 0 Å². The molecule has 0 unspecified atom stereocenters. The summed E-state index contributed by atoms with van der Waals surface area (Å²) in [4.78, 5) is 4.68. The molecule has 1 aromatic heterocycles. The van der Waals surface area contributed by atoms with Gasteiger partial charge in [-0.25, -0.2) is 0 Å². The third kappa shape index (κ3) is 2.81. The van der Waals surface area contributed by atoms with Crippen LogP contribution in [0, 0.1) is 0 Å². The van der Waals surface area contributed by atoms with Crippen LogP contribution < -0.4 is 15.6 Å². The van der Waals surface area contributed by atoms with Crippen molar-refractivity contribution in [3.8, 4) is 0 Å². The van der Waals surface area contributed by atoms with Crippen molar-refractivity contribution in [2.24, 2.45) is 0 Å². The van der Waals surface area contributed by atoms with Crippen molar-refractivity contribution < 1.29 is 0 Å². The Morgan fingerprint density at radius 2 is 1.13 bits per heavy atom. The summed E-state index contributed by atoms with van der Waals surface area (Å²) in [5, 5.41) is 5.31. The quantitative estimate of drug-likeness (QED) is 0.530. The minimum absolute atomic E-state index is 1.03. The van der Waals surface area contributed by atoms with Gasteiger partial charge in [-0.3, -0.25) is 4.98 Å². The van der Waals surface area contributed by atoms with E-state index in [4.69, 9.17) is 0 Å². The summed E-state index contributed by atoms with van der Waals surface area (Å²) < 4.78 is 0. The Bertz CT molecular complexity index is 880. The van der Waals surface area contributed by atoms with Gasteiger partial charge in [-0.1, -0.05) is 95.3 Å². The van der Waals surface area contributed by atoms with Gasteiger partial charge < -0.3 is 0 Å². The lowest BCUT2D eigenvalue weighted by Crippen LogP contribution is -2.52. The van der Waals surface area contributed by atoms with Gasteiger partial charge in [0.15, 0.2) is 8.80 Å². The average molecular weight is 310 g/mol. The molecule has 0 atom stereocenters. The van der Waals surface area contributed by atoms with Crippen molar-refractivity contribution in [1.29, 1.82) is 0 Å². The molecule has 3 aromatic carbocycles. The summed E-state index contributed by atoms with van der Waals surface area (Å²) in [6, 6.07) is 32.2. The summed E-state index contributed by atoms with van der Waals surface area (Å²) in [5.74, 6) is 0. The van der Waals surface area contributed by atoms with Gasteiger partial charge in [-0.15, -0.1) is 0 Å². The highest BCUT2D eigenvalue weighted by Crippen LogP contribution is 2.08. The Morgan fingerprint density at radius 1 is 0.565 bits per heavy atom. The van der Waals surface area contributed by atoms with Gasteiger partial charge in [0.25, 0.3) is 0 Å². The number of para-hydroxylation sites is 1. The van der Waals surface area contributed by atoms with Gasteiger partial charge in [0.05, 0.1) is 5.52 Å². The molecule has 0 aliphatic carbocycles. The lowest BCUT2D eigenvalue weighted by Gasteiger charge is -2.16. The smallest absolute Gasteiger partial charge is 0.156 e. The van der Waals surface area contributed by atoms with Gasteiger partial charge in [-0.05, 0) is 11.3 Å². The molecule has 0 saturated carbocycles. The van der Waals surface area contributed by atoms with Crippen LogP contribution in [0.3, 0.4) is 0 Å². The fourth-order valence-corrected chi connectivity index (χ4v) is 5.46. The average Bonchev–Trinajstić information content (AvgIpc) is 2.64. The second kappa shape index (κ2) is 6.19. The molecule has 4 aromatic rings. The molecule has 0 saturated heterocycles. The van der Waals surface area contributed by atoms with Crippen LogP contribution in [-0.4, -0.2) is 13.8 Å². The number of benzene rings is 3. The van der Waals surface area contributed by atoms with Crippen LogP contribution in [0.1, 0.15) is 0 Å². The van der Waals surface area contributed by atoms with E-state index in [9.17, 15) is 0 Å². The maximum Gasteiger partial charge on any atom is 0.156 e. The van der Waals surface area contributed by atoms with Crippen molar-refractivity contribution in [2.75, 3.05) is 0 Å². The Hall–Kier alpha value is -2.71. The summed E-state index contributed by atoms with van der Waals surface area (Å²) in [5.41, 5.74) is 1.05. The first-order valence-corrected chi connectivity index (χ1v) is 9.25. The zero-order valence-corrected chi connectivity index (χ0v) is 13.7. The summed E-state index contributed by atoms with van der Waals surface area (Å²) >= 11 is 0. The summed E-state index contributed by atoms with van der Waals surface area (Å²) in [6.45, 7) is 0. The number of fused-ring (bicyclic) bond motifs is 1. The molecule has 0 bridgehead atoms. The van der Waals surface area contributed by atoms with Gasteiger partial charge in [0.2, 0.25) is 0 Å². The minimum atomic E-state index is -1.03. The molecule has 0 aliphatic heterocycles. The molecule has 1 nitrogen and oxygen atoms in total. The Labute approximate surface area is 137 Å². The highest BCUT2D eigenvalue weighted by molar-refractivity contribution is 6.95. The maximum absolute atomic E-state index is 4.68. The number of aromatic nitrogens is 1. The lowest BCUT2D eigenvalue weighted by molar-refractivity contribution is 1.43. The number of hydrogen-bond acceptors (Lipinski definition) is 1. The molecule has 0 N–H and O–H groups in total. The van der Waals surface area contributed by atoms with Gasteiger partial charge in [0.1, 0.15) is 0 Å². The van der Waals surface area contributed by atoms with E-state index in [2.05, 4.69) is 96.1 Å². The van der Waals surface area contributed by atoms with Crippen molar-refractivity contribution in [1.82, 2.24) is 4.98 Å². The third-order valence-corrected chi connectivity index (χ3v) is 6.68. The van der Waals surface area contributed by atoms with E-state index in [-0.39, 0.29) is 0 Å². The standard InChI is InChI=1S/C21H16NSi/c1-3-10-18(11-4-1)23(19-12-5-2-6-13-19)20-15-17-9-7-8-14-21(17)22-16-20/h1-16H. The molecule has 23 heavy (non-hydrogen) atoms. The Kier molecular flexibility index (Phi) is 3.74. The lowest BCUT2D eigenvalue weighted by atomic mass is 10.2. The number of rotatable bonds is 3. The topological polar surface area (TPSA) is 12.9 Å². The number of pyridine rings is 1. The maximum atomic E-state index is 4.68. The molecule has 1 heterocycles. The number of nitrogens with zero attached hydrogens (tertiary/aromatic N) is 1. The van der Waals surface area contributed by atoms with E-state index in [1.165, 1.54) is 20.9 Å². The minimum Gasteiger partial charge on any atom is -0.256 e. The Morgan fingerprint density at radius 3 is 1.78 bits per heavy atom. The van der Waals surface area contributed by atoms with E-state index in [1.54, 1.807) is 0 Å². The zero-order chi connectivity index (χ0) is 15.5. The molecule has 2 heteroatoms. The molecule has 4 rings (SSSR count). The van der Waals surface area contributed by atoms with Gasteiger partial charge in [0, 0.05) is 11.6 Å². The van der Waals surface area contributed by atoms with E-state index in [0.29, 0.717) is 0 Å². The van der Waals surface area contributed by atoms with Crippen LogP contribution in [0.4, 0.5) is 0 Å². The first kappa shape index (κ1) is 13.9. The molecular formula is C21H16NSi. The summed E-state index contributed by atoms with van der Waals surface area (Å²) in [6.07, 6.45) is 2.05. The molecule has 0 spiro atoms. The van der Waals surface area contributed by atoms with Crippen LogP contribution >= 0.6 is 0 Å². The third-order valence-electron chi connectivity index (χ3n) is 4.00. The van der Waals surface area contributed by atoms with E-state index in [0.717, 1.165) is 5.52 Å². The van der Waals surface area contributed by atoms with Crippen molar-refractivity contribution in [3.63, 3.8) is 0 Å². The monoisotopic (exact) mass is 310 g/mol. The highest BCUT2D eigenvalue weighted by atomic mass is 28.3. The fourth-order valence-electron chi connectivity index (χ4n) is 2.92. The molecule has 0 aliphatic rings. The van der Waals surface area contributed by atoms with Crippen molar-refractivity contribution >= 4 is 35.3 Å². The molecule has 1 radical (unpaired) electrons. The van der Waals surface area contributed by atoms with E-state index < -0.39 is 8.80 Å². The van der Waals surface area contributed by atoms with Crippen LogP contribution in [-0.2, 0) is 0 Å². The Balaban J connectivity index is 1.90. The van der Waals surface area contributed by atoms with Gasteiger partial charge >= 0.3 is 0 Å². The number of hydrogen-bond donors (Lipinski definition) is 0.